The topological polar surface area (TPSA) is 41.5 Å². The molecule has 0 radical (unpaired) electrons. The predicted octanol–water partition coefficient (Wildman–Crippen LogP) is 5.05. The number of hydrogen-bond donors (Lipinski definition) is 1. The summed E-state index contributed by atoms with van der Waals surface area (Å²) in [5.41, 5.74) is 4.71. The highest BCUT2D eigenvalue weighted by atomic mass is 35.5. The molecular formula is C20H25ClN2O. The number of hydrazone groups is 1. The van der Waals surface area contributed by atoms with E-state index in [2.05, 4.69) is 17.5 Å². The highest BCUT2D eigenvalue weighted by molar-refractivity contribution is 6.33. The average molecular weight is 345 g/mol. The van der Waals surface area contributed by atoms with E-state index in [9.17, 15) is 4.79 Å². The maximum absolute atomic E-state index is 12.4. The number of halogens is 1. The SMILES string of the molecule is CC/C(=N\NC(=O)c1ccccc1Cl)C12CC3CC(CC(C3)C1)C2. The molecule has 4 aliphatic carbocycles. The van der Waals surface area contributed by atoms with Gasteiger partial charge in [0.2, 0.25) is 0 Å². The number of nitrogens with zero attached hydrogens (tertiary/aromatic N) is 1. The molecule has 4 heteroatoms. The number of rotatable bonds is 4. The Morgan fingerprint density at radius 3 is 2.29 bits per heavy atom. The van der Waals surface area contributed by atoms with Crippen molar-refractivity contribution in [3.05, 3.63) is 34.9 Å². The van der Waals surface area contributed by atoms with Crippen LogP contribution >= 0.6 is 11.6 Å². The largest absolute Gasteiger partial charge is 0.272 e. The number of amides is 1. The van der Waals surface area contributed by atoms with Crippen molar-refractivity contribution in [2.75, 3.05) is 0 Å². The Hall–Kier alpha value is -1.35. The minimum atomic E-state index is -0.212. The minimum absolute atomic E-state index is 0.212. The van der Waals surface area contributed by atoms with E-state index >= 15 is 0 Å². The Morgan fingerprint density at radius 2 is 1.75 bits per heavy atom. The highest BCUT2D eigenvalue weighted by Gasteiger charge is 2.52. The molecule has 3 nitrogen and oxygen atoms in total. The van der Waals surface area contributed by atoms with E-state index in [1.165, 1.54) is 44.2 Å². The molecule has 1 N–H and O–H groups in total. The van der Waals surface area contributed by atoms with Crippen LogP contribution in [0.3, 0.4) is 0 Å². The van der Waals surface area contributed by atoms with Gasteiger partial charge in [0.15, 0.2) is 0 Å². The van der Waals surface area contributed by atoms with Crippen molar-refractivity contribution < 1.29 is 4.79 Å². The van der Waals surface area contributed by atoms with Gasteiger partial charge >= 0.3 is 0 Å². The molecule has 24 heavy (non-hydrogen) atoms. The lowest BCUT2D eigenvalue weighted by Gasteiger charge is -2.57. The summed E-state index contributed by atoms with van der Waals surface area (Å²) in [6.45, 7) is 2.17. The number of carbonyl (C=O) groups excluding carboxylic acids is 1. The number of nitrogens with one attached hydrogen (secondary N) is 1. The lowest BCUT2D eigenvalue weighted by molar-refractivity contribution is -0.0134. The van der Waals surface area contributed by atoms with Crippen LogP contribution in [0, 0.1) is 23.2 Å². The predicted molar refractivity (Wildman–Crippen MR) is 97.2 cm³/mol. The molecule has 4 saturated carbocycles. The molecule has 0 aliphatic heterocycles. The molecule has 0 saturated heterocycles. The quantitative estimate of drug-likeness (QED) is 0.602. The van der Waals surface area contributed by atoms with Crippen LogP contribution < -0.4 is 5.43 Å². The van der Waals surface area contributed by atoms with Gasteiger partial charge in [0, 0.05) is 11.1 Å². The van der Waals surface area contributed by atoms with Crippen molar-refractivity contribution in [2.45, 2.75) is 51.9 Å². The number of benzene rings is 1. The van der Waals surface area contributed by atoms with E-state index in [0.29, 0.717) is 10.6 Å². The Kier molecular flexibility index (Phi) is 4.16. The van der Waals surface area contributed by atoms with Gasteiger partial charge in [-0.3, -0.25) is 4.79 Å². The standard InChI is InChI=1S/C20H25ClN2O/c1-2-18(22-23-19(24)16-5-3-4-6-17(16)21)20-10-13-7-14(11-20)9-15(8-13)12-20/h3-6,13-15H,2,7-12H2,1H3,(H,23,24)/b22-18+. The molecule has 1 amide bonds. The van der Waals surface area contributed by atoms with Gasteiger partial charge in [0.05, 0.1) is 10.6 Å². The minimum Gasteiger partial charge on any atom is -0.267 e. The van der Waals surface area contributed by atoms with Crippen molar-refractivity contribution >= 4 is 23.2 Å². The molecular weight excluding hydrogens is 320 g/mol. The summed E-state index contributed by atoms with van der Waals surface area (Å²) >= 11 is 6.12. The molecule has 1 aromatic rings. The van der Waals surface area contributed by atoms with Gasteiger partial charge in [0.25, 0.3) is 5.91 Å². The average Bonchev–Trinajstić information content (AvgIpc) is 2.54. The van der Waals surface area contributed by atoms with Gasteiger partial charge in [-0.2, -0.15) is 5.10 Å². The smallest absolute Gasteiger partial charge is 0.267 e. The van der Waals surface area contributed by atoms with Crippen molar-refractivity contribution in [1.29, 1.82) is 0 Å². The van der Waals surface area contributed by atoms with Gasteiger partial charge in [-0.05, 0) is 74.8 Å². The van der Waals surface area contributed by atoms with Crippen LogP contribution in [0.25, 0.3) is 0 Å². The van der Waals surface area contributed by atoms with E-state index < -0.39 is 0 Å². The summed E-state index contributed by atoms with van der Waals surface area (Å²) in [6.07, 6.45) is 8.98. The molecule has 0 spiro atoms. The van der Waals surface area contributed by atoms with Gasteiger partial charge in [-0.1, -0.05) is 30.7 Å². The maximum Gasteiger partial charge on any atom is 0.272 e. The Labute approximate surface area is 148 Å². The second-order valence-corrected chi connectivity index (χ2v) is 8.44. The molecule has 1 aromatic carbocycles. The van der Waals surface area contributed by atoms with Crippen molar-refractivity contribution in [1.82, 2.24) is 5.43 Å². The number of hydrogen-bond acceptors (Lipinski definition) is 2. The van der Waals surface area contributed by atoms with Crippen LogP contribution in [0.5, 0.6) is 0 Å². The van der Waals surface area contributed by atoms with Crippen molar-refractivity contribution in [2.24, 2.45) is 28.3 Å². The second kappa shape index (κ2) is 6.18. The van der Waals surface area contributed by atoms with Crippen molar-refractivity contribution in [3.63, 3.8) is 0 Å². The van der Waals surface area contributed by atoms with Crippen LogP contribution in [0.1, 0.15) is 62.2 Å². The Balaban J connectivity index is 1.54. The third kappa shape index (κ3) is 2.77. The Morgan fingerprint density at radius 1 is 1.17 bits per heavy atom. The van der Waals surface area contributed by atoms with Gasteiger partial charge in [-0.15, -0.1) is 0 Å². The molecule has 0 aromatic heterocycles. The molecule has 128 valence electrons. The fraction of sp³-hybridized carbons (Fsp3) is 0.600. The monoisotopic (exact) mass is 344 g/mol. The summed E-state index contributed by atoms with van der Waals surface area (Å²) in [7, 11) is 0. The van der Waals surface area contributed by atoms with Gasteiger partial charge < -0.3 is 0 Å². The third-order valence-electron chi connectivity index (χ3n) is 6.40. The van der Waals surface area contributed by atoms with Gasteiger partial charge in [0.1, 0.15) is 0 Å². The highest BCUT2D eigenvalue weighted by Crippen LogP contribution is 2.60. The van der Waals surface area contributed by atoms with Crippen LogP contribution in [0.4, 0.5) is 0 Å². The molecule has 4 bridgehead atoms. The van der Waals surface area contributed by atoms with Crippen LogP contribution in [-0.4, -0.2) is 11.6 Å². The number of carbonyl (C=O) groups is 1. The summed E-state index contributed by atoms with van der Waals surface area (Å²) in [5.74, 6) is 2.43. The van der Waals surface area contributed by atoms with E-state index in [4.69, 9.17) is 11.6 Å². The summed E-state index contributed by atoms with van der Waals surface area (Å²) < 4.78 is 0. The lowest BCUT2D eigenvalue weighted by atomic mass is 9.48. The lowest BCUT2D eigenvalue weighted by Crippen LogP contribution is -2.50. The first kappa shape index (κ1) is 16.1. The maximum atomic E-state index is 12.4. The molecule has 4 aliphatic rings. The first-order chi connectivity index (χ1) is 11.6. The van der Waals surface area contributed by atoms with E-state index in [0.717, 1.165) is 24.2 Å². The van der Waals surface area contributed by atoms with Gasteiger partial charge in [-0.25, -0.2) is 5.43 Å². The molecule has 4 fully saturated rings. The Bertz CT molecular complexity index is 647. The zero-order valence-corrected chi connectivity index (χ0v) is 15.0. The first-order valence-electron chi connectivity index (χ1n) is 9.21. The van der Waals surface area contributed by atoms with Crippen LogP contribution in [-0.2, 0) is 0 Å². The fourth-order valence-electron chi connectivity index (χ4n) is 5.86. The zero-order valence-electron chi connectivity index (χ0n) is 14.2. The fourth-order valence-corrected chi connectivity index (χ4v) is 6.08. The van der Waals surface area contributed by atoms with E-state index in [1.807, 2.05) is 12.1 Å². The van der Waals surface area contributed by atoms with Crippen LogP contribution in [0.15, 0.2) is 29.4 Å². The third-order valence-corrected chi connectivity index (χ3v) is 6.73. The second-order valence-electron chi connectivity index (χ2n) is 8.03. The van der Waals surface area contributed by atoms with Crippen LogP contribution in [0.2, 0.25) is 5.02 Å². The molecule has 0 atom stereocenters. The molecule has 0 unspecified atom stereocenters. The normalized spacial score (nSPS) is 34.4. The summed E-state index contributed by atoms with van der Waals surface area (Å²) in [4.78, 5) is 12.4. The summed E-state index contributed by atoms with van der Waals surface area (Å²) in [5, 5.41) is 5.08. The van der Waals surface area contributed by atoms with E-state index in [1.54, 1.807) is 12.1 Å². The molecule has 5 rings (SSSR count). The van der Waals surface area contributed by atoms with Crippen molar-refractivity contribution in [3.8, 4) is 0 Å². The molecule has 0 heterocycles. The first-order valence-corrected chi connectivity index (χ1v) is 9.59. The summed E-state index contributed by atoms with van der Waals surface area (Å²) in [6, 6.07) is 7.13. The van der Waals surface area contributed by atoms with E-state index in [-0.39, 0.29) is 11.3 Å². The zero-order chi connectivity index (χ0) is 16.7.